The molecule has 0 N–H and O–H groups in total. The van der Waals surface area contributed by atoms with Crippen LogP contribution in [0.25, 0.3) is 32.3 Å². The first kappa shape index (κ1) is 22.1. The van der Waals surface area contributed by atoms with Gasteiger partial charge in [-0.2, -0.15) is 0 Å². The van der Waals surface area contributed by atoms with Gasteiger partial charge >= 0.3 is 0 Å². The first-order chi connectivity index (χ1) is 18.2. The second-order valence-electron chi connectivity index (χ2n) is 9.81. The zero-order valence-electron chi connectivity index (χ0n) is 20.2. The fraction of sp³-hybridized carbons (Fsp3) is 0.0882. The average molecular weight is 498 g/mol. The van der Waals surface area contributed by atoms with Crippen LogP contribution in [0.4, 0.5) is 5.69 Å². The molecule has 1 heterocycles. The van der Waals surface area contributed by atoms with E-state index in [-0.39, 0.29) is 11.8 Å². The summed E-state index contributed by atoms with van der Waals surface area (Å²) < 4.78 is 0. The lowest BCUT2D eigenvalue weighted by molar-refractivity contribution is -0.119. The molecule has 0 aliphatic carbocycles. The quantitative estimate of drug-likeness (QED) is 0.223. The molecule has 1 atom stereocenters. The highest BCUT2D eigenvalue weighted by Gasteiger charge is 2.32. The first-order valence-corrected chi connectivity index (χ1v) is 13.0. The molecule has 178 valence electrons. The second-order valence-corrected chi connectivity index (χ2v) is 10.2. The lowest BCUT2D eigenvalue weighted by Gasteiger charge is -2.35. The van der Waals surface area contributed by atoms with Crippen molar-refractivity contribution < 1.29 is 4.79 Å². The van der Waals surface area contributed by atoms with Crippen LogP contribution in [0.15, 0.2) is 115 Å². The Morgan fingerprint density at radius 3 is 2.27 bits per heavy atom. The zero-order chi connectivity index (χ0) is 24.9. The van der Waals surface area contributed by atoms with Crippen LogP contribution in [0.3, 0.4) is 0 Å². The molecule has 0 spiro atoms. The highest BCUT2D eigenvalue weighted by molar-refractivity contribution is 6.30. The van der Waals surface area contributed by atoms with Crippen molar-refractivity contribution in [1.82, 2.24) is 0 Å². The van der Waals surface area contributed by atoms with Gasteiger partial charge in [0, 0.05) is 23.0 Å². The van der Waals surface area contributed by atoms with Gasteiger partial charge in [-0.3, -0.25) is 4.79 Å². The van der Waals surface area contributed by atoms with Gasteiger partial charge in [0.2, 0.25) is 5.91 Å². The van der Waals surface area contributed by atoms with Gasteiger partial charge in [0.05, 0.1) is 6.54 Å². The van der Waals surface area contributed by atoms with E-state index in [1.54, 1.807) is 0 Å². The third-order valence-corrected chi connectivity index (χ3v) is 7.98. The van der Waals surface area contributed by atoms with E-state index in [4.69, 9.17) is 11.6 Å². The Balaban J connectivity index is 1.34. The van der Waals surface area contributed by atoms with Crippen molar-refractivity contribution in [3.63, 3.8) is 0 Å². The highest BCUT2D eigenvalue weighted by atomic mass is 35.5. The minimum Gasteiger partial charge on any atom is -0.308 e. The van der Waals surface area contributed by atoms with Crippen LogP contribution in [0.5, 0.6) is 0 Å². The van der Waals surface area contributed by atoms with Crippen LogP contribution in [0.2, 0.25) is 5.02 Å². The van der Waals surface area contributed by atoms with Gasteiger partial charge in [0.1, 0.15) is 0 Å². The molecule has 0 aromatic heterocycles. The van der Waals surface area contributed by atoms with Crippen molar-refractivity contribution in [3.8, 4) is 0 Å². The largest absolute Gasteiger partial charge is 0.308 e. The molecule has 0 radical (unpaired) electrons. The number of nitrogens with zero attached hydrogens (tertiary/aromatic N) is 1. The molecule has 0 saturated carbocycles. The second kappa shape index (κ2) is 8.76. The van der Waals surface area contributed by atoms with Crippen LogP contribution in [-0.2, 0) is 11.3 Å². The van der Waals surface area contributed by atoms with E-state index < -0.39 is 0 Å². The van der Waals surface area contributed by atoms with Gasteiger partial charge < -0.3 is 4.90 Å². The highest BCUT2D eigenvalue weighted by Crippen LogP contribution is 2.42. The summed E-state index contributed by atoms with van der Waals surface area (Å²) in [6, 6.07) is 40.0. The normalized spacial score (nSPS) is 15.4. The smallest absolute Gasteiger partial charge is 0.228 e. The molecule has 3 heteroatoms. The van der Waals surface area contributed by atoms with Crippen LogP contribution in [0, 0.1) is 0 Å². The van der Waals surface area contributed by atoms with E-state index >= 15 is 0 Å². The van der Waals surface area contributed by atoms with Gasteiger partial charge in [0.15, 0.2) is 0 Å². The van der Waals surface area contributed by atoms with Crippen molar-refractivity contribution in [2.45, 2.75) is 18.9 Å². The van der Waals surface area contributed by atoms with Crippen LogP contribution >= 0.6 is 11.6 Å². The van der Waals surface area contributed by atoms with E-state index in [0.29, 0.717) is 18.0 Å². The van der Waals surface area contributed by atoms with Crippen molar-refractivity contribution >= 4 is 55.5 Å². The first-order valence-electron chi connectivity index (χ1n) is 12.6. The standard InChI is InChI=1S/C34H24ClNO/c35-25-14-18-33-32(19-25)31(22-7-2-1-3-8-22)20-34(37)36(33)21-24-10-6-12-28-27(24)16-17-29-26-11-5-4-9-23(26)13-15-30(28)29/h1-19,31H,20-21H2. The number of amides is 1. The number of carbonyl (C=O) groups is 1. The summed E-state index contributed by atoms with van der Waals surface area (Å²) in [4.78, 5) is 15.6. The van der Waals surface area contributed by atoms with Crippen LogP contribution < -0.4 is 4.90 Å². The van der Waals surface area contributed by atoms with Crippen molar-refractivity contribution in [3.05, 3.63) is 137 Å². The fourth-order valence-electron chi connectivity index (χ4n) is 5.97. The number of hydrogen-bond donors (Lipinski definition) is 0. The molecule has 2 nitrogen and oxygen atoms in total. The number of anilines is 1. The third-order valence-electron chi connectivity index (χ3n) is 7.74. The summed E-state index contributed by atoms with van der Waals surface area (Å²) >= 11 is 6.45. The summed E-state index contributed by atoms with van der Waals surface area (Å²) in [6.07, 6.45) is 0.428. The van der Waals surface area contributed by atoms with Gasteiger partial charge in [-0.15, -0.1) is 0 Å². The minimum atomic E-state index is 0.00314. The van der Waals surface area contributed by atoms with E-state index in [0.717, 1.165) is 22.4 Å². The Morgan fingerprint density at radius 2 is 1.38 bits per heavy atom. The number of benzene rings is 6. The maximum atomic E-state index is 13.6. The molecular weight excluding hydrogens is 474 g/mol. The van der Waals surface area contributed by atoms with Crippen molar-refractivity contribution in [1.29, 1.82) is 0 Å². The summed E-state index contributed by atoms with van der Waals surface area (Å²) in [5.41, 5.74) is 4.33. The molecular formula is C34H24ClNO. The molecule has 1 amide bonds. The summed E-state index contributed by atoms with van der Waals surface area (Å²) in [5.74, 6) is 0.135. The Kier molecular flexibility index (Phi) is 5.23. The molecule has 0 bridgehead atoms. The number of rotatable bonds is 3. The maximum absolute atomic E-state index is 13.6. The Labute approximate surface area is 220 Å². The average Bonchev–Trinajstić information content (AvgIpc) is 2.94. The molecule has 37 heavy (non-hydrogen) atoms. The number of carbonyl (C=O) groups excluding carboxylic acids is 1. The maximum Gasteiger partial charge on any atom is 0.228 e. The molecule has 0 saturated heterocycles. The SMILES string of the molecule is O=C1CC(c2ccccc2)c2cc(Cl)ccc2N1Cc1cccc2c1ccc1c3ccccc3ccc21. The summed E-state index contributed by atoms with van der Waals surface area (Å²) in [6.45, 7) is 0.519. The van der Waals surface area contributed by atoms with Gasteiger partial charge in [-0.1, -0.05) is 109 Å². The molecule has 6 aromatic rings. The third kappa shape index (κ3) is 3.68. The fourth-order valence-corrected chi connectivity index (χ4v) is 6.15. The van der Waals surface area contributed by atoms with E-state index in [1.165, 1.54) is 32.3 Å². The molecule has 1 aliphatic heterocycles. The van der Waals surface area contributed by atoms with Crippen molar-refractivity contribution in [2.24, 2.45) is 0 Å². The topological polar surface area (TPSA) is 20.3 Å². The van der Waals surface area contributed by atoms with Crippen LogP contribution in [-0.4, -0.2) is 5.91 Å². The molecule has 6 aromatic carbocycles. The predicted octanol–water partition coefficient (Wildman–Crippen LogP) is 8.87. The zero-order valence-corrected chi connectivity index (χ0v) is 21.0. The lowest BCUT2D eigenvalue weighted by Crippen LogP contribution is -2.36. The predicted molar refractivity (Wildman–Crippen MR) is 155 cm³/mol. The van der Waals surface area contributed by atoms with Crippen molar-refractivity contribution in [2.75, 3.05) is 4.90 Å². The lowest BCUT2D eigenvalue weighted by atomic mass is 9.83. The Hall–Kier alpha value is -4.14. The molecule has 1 unspecified atom stereocenters. The monoisotopic (exact) mass is 497 g/mol. The van der Waals surface area contributed by atoms with Gasteiger partial charge in [0.25, 0.3) is 0 Å². The Morgan fingerprint density at radius 1 is 0.676 bits per heavy atom. The van der Waals surface area contributed by atoms with Gasteiger partial charge in [-0.05, 0) is 67.2 Å². The summed E-state index contributed by atoms with van der Waals surface area (Å²) in [5, 5.41) is 8.08. The van der Waals surface area contributed by atoms with E-state index in [2.05, 4.69) is 78.9 Å². The van der Waals surface area contributed by atoms with E-state index in [9.17, 15) is 4.79 Å². The van der Waals surface area contributed by atoms with Gasteiger partial charge in [-0.25, -0.2) is 0 Å². The minimum absolute atomic E-state index is 0.00314. The van der Waals surface area contributed by atoms with Crippen LogP contribution in [0.1, 0.15) is 29.0 Å². The summed E-state index contributed by atoms with van der Waals surface area (Å²) in [7, 11) is 0. The number of fused-ring (bicyclic) bond motifs is 6. The Bertz CT molecular complexity index is 1830. The molecule has 1 aliphatic rings. The molecule has 7 rings (SSSR count). The van der Waals surface area contributed by atoms with E-state index in [1.807, 2.05) is 41.3 Å². The number of halogens is 1. The molecule has 0 fully saturated rings. The number of hydrogen-bond acceptors (Lipinski definition) is 1.